The lowest BCUT2D eigenvalue weighted by molar-refractivity contribution is -0.138. The summed E-state index contributed by atoms with van der Waals surface area (Å²) in [5.41, 5.74) is 0. The van der Waals surface area contributed by atoms with Crippen LogP contribution in [0.1, 0.15) is 219 Å². The van der Waals surface area contributed by atoms with Crippen LogP contribution in [0.3, 0.4) is 0 Å². The molecule has 0 spiro atoms. The largest absolute Gasteiger partial charge is 0.275 e. The van der Waals surface area contributed by atoms with Gasteiger partial charge in [-0.1, -0.05) is 206 Å². The first-order chi connectivity index (χ1) is 24.5. The van der Waals surface area contributed by atoms with E-state index in [9.17, 15) is 19.2 Å². The van der Waals surface area contributed by atoms with Gasteiger partial charge in [-0.3, -0.25) is 29.0 Å². The molecule has 2 aliphatic heterocycles. The number of nitrogens with zero attached hydrogens (tertiary/aromatic N) is 2. The second-order valence-electron chi connectivity index (χ2n) is 14.9. The third-order valence-corrected chi connectivity index (χ3v) is 10.3. The highest BCUT2D eigenvalue weighted by Gasteiger charge is 2.23. The average molecular weight is 699 g/mol. The van der Waals surface area contributed by atoms with E-state index in [4.69, 9.17) is 0 Å². The molecule has 0 saturated carbocycles. The molecular weight excluding hydrogens is 620 g/mol. The van der Waals surface area contributed by atoms with Gasteiger partial charge in [-0.05, 0) is 12.8 Å². The van der Waals surface area contributed by atoms with Gasteiger partial charge in [0.2, 0.25) is 0 Å². The van der Waals surface area contributed by atoms with Crippen LogP contribution in [0.2, 0.25) is 0 Å². The molecule has 0 radical (unpaired) electrons. The number of carbonyl (C=O) groups excluding carboxylic acids is 4. The lowest BCUT2D eigenvalue weighted by Gasteiger charge is -2.12. The van der Waals surface area contributed by atoms with Crippen LogP contribution in [0.15, 0.2) is 24.3 Å². The molecule has 2 aliphatic rings. The lowest BCUT2D eigenvalue weighted by Crippen LogP contribution is -2.30. The Bertz CT molecular complexity index is 817. The minimum absolute atomic E-state index is 0.147. The van der Waals surface area contributed by atoms with Crippen molar-refractivity contribution in [2.45, 2.75) is 219 Å². The normalized spacial score (nSPS) is 14.0. The summed E-state index contributed by atoms with van der Waals surface area (Å²) < 4.78 is 0. The average Bonchev–Trinajstić information content (AvgIpc) is 3.61. The van der Waals surface area contributed by atoms with Gasteiger partial charge in [-0.2, -0.15) is 0 Å². The summed E-state index contributed by atoms with van der Waals surface area (Å²) in [4.78, 5) is 48.3. The van der Waals surface area contributed by atoms with E-state index in [1.807, 2.05) is 0 Å². The molecular formula is C44H78N2O4. The zero-order chi connectivity index (χ0) is 36.3. The van der Waals surface area contributed by atoms with Crippen molar-refractivity contribution in [3.63, 3.8) is 0 Å². The van der Waals surface area contributed by atoms with E-state index in [1.165, 1.54) is 214 Å². The molecule has 0 aromatic heterocycles. The molecule has 0 N–H and O–H groups in total. The van der Waals surface area contributed by atoms with Crippen molar-refractivity contribution in [3.8, 4) is 0 Å². The second-order valence-corrected chi connectivity index (χ2v) is 14.9. The number of rotatable bonds is 34. The Kier molecular flexibility index (Phi) is 31.0. The highest BCUT2D eigenvalue weighted by Crippen LogP contribution is 2.16. The first kappa shape index (κ1) is 45.8. The zero-order valence-electron chi connectivity index (χ0n) is 32.9. The maximum atomic E-state index is 11.4. The second kappa shape index (κ2) is 33.9. The summed E-state index contributed by atoms with van der Waals surface area (Å²) in [6.07, 6.45) is 48.3. The fourth-order valence-electron chi connectivity index (χ4n) is 6.94. The van der Waals surface area contributed by atoms with Gasteiger partial charge in [0, 0.05) is 37.4 Å². The Labute approximate surface area is 308 Å². The summed E-state index contributed by atoms with van der Waals surface area (Å²) in [5, 5.41) is 0. The van der Waals surface area contributed by atoms with Crippen molar-refractivity contribution in [3.05, 3.63) is 24.3 Å². The molecule has 0 atom stereocenters. The molecule has 0 unspecified atom stereocenters. The lowest BCUT2D eigenvalue weighted by atomic mass is 10.0. The van der Waals surface area contributed by atoms with E-state index < -0.39 is 0 Å². The molecule has 4 amide bonds. The molecule has 2 rings (SSSR count). The first-order valence-electron chi connectivity index (χ1n) is 21.6. The van der Waals surface area contributed by atoms with E-state index in [-0.39, 0.29) is 23.6 Å². The Morgan fingerprint density at radius 2 is 0.440 bits per heavy atom. The van der Waals surface area contributed by atoms with Crippen LogP contribution in [-0.4, -0.2) is 46.5 Å². The molecule has 50 heavy (non-hydrogen) atoms. The minimum Gasteiger partial charge on any atom is -0.275 e. The SMILES string of the molecule is CCCCCCCCCCCCCCCCCCN1C(=O)C=CC1=O.CCCCCCCCCCCCCCCCCCN1C(=O)C=CC1=O. The van der Waals surface area contributed by atoms with Crippen LogP contribution < -0.4 is 0 Å². The third-order valence-electron chi connectivity index (χ3n) is 10.3. The first-order valence-corrected chi connectivity index (χ1v) is 21.6. The molecule has 6 nitrogen and oxygen atoms in total. The van der Waals surface area contributed by atoms with E-state index >= 15 is 0 Å². The maximum absolute atomic E-state index is 11.4. The number of imide groups is 2. The summed E-state index contributed by atoms with van der Waals surface area (Å²) in [5.74, 6) is -0.589. The standard InChI is InChI=1S/2C22H39NO2/c2*1-2-3-4-5-6-7-8-9-10-11-12-13-14-15-16-17-20-23-21(24)18-19-22(23)25/h2*18-19H,2-17,20H2,1H3. The van der Waals surface area contributed by atoms with Gasteiger partial charge >= 0.3 is 0 Å². The van der Waals surface area contributed by atoms with Gasteiger partial charge in [0.15, 0.2) is 0 Å². The molecule has 0 bridgehead atoms. The molecule has 0 aromatic rings. The quantitative estimate of drug-likeness (QED) is 0.0495. The molecule has 0 fully saturated rings. The van der Waals surface area contributed by atoms with Gasteiger partial charge in [-0.15, -0.1) is 0 Å². The highest BCUT2D eigenvalue weighted by molar-refractivity contribution is 6.13. The number of hydrogen-bond donors (Lipinski definition) is 0. The third kappa shape index (κ3) is 25.7. The fourth-order valence-corrected chi connectivity index (χ4v) is 6.94. The summed E-state index contributed by atoms with van der Waals surface area (Å²) in [6.45, 7) is 5.72. The monoisotopic (exact) mass is 699 g/mol. The topological polar surface area (TPSA) is 74.8 Å². The smallest absolute Gasteiger partial charge is 0.253 e. The Morgan fingerprint density at radius 3 is 0.620 bits per heavy atom. The zero-order valence-corrected chi connectivity index (χ0v) is 32.9. The Morgan fingerprint density at radius 1 is 0.280 bits per heavy atom. The maximum Gasteiger partial charge on any atom is 0.253 e. The van der Waals surface area contributed by atoms with E-state index in [2.05, 4.69) is 13.8 Å². The van der Waals surface area contributed by atoms with Crippen molar-refractivity contribution in [2.24, 2.45) is 0 Å². The molecule has 0 aliphatic carbocycles. The molecule has 6 heteroatoms. The van der Waals surface area contributed by atoms with Gasteiger partial charge in [-0.25, -0.2) is 0 Å². The van der Waals surface area contributed by atoms with Crippen LogP contribution in [0.4, 0.5) is 0 Å². The van der Waals surface area contributed by atoms with Crippen molar-refractivity contribution >= 4 is 23.6 Å². The van der Waals surface area contributed by atoms with Crippen LogP contribution in [0.5, 0.6) is 0 Å². The molecule has 0 saturated heterocycles. The van der Waals surface area contributed by atoms with Crippen molar-refractivity contribution in [1.82, 2.24) is 9.80 Å². The predicted octanol–water partition coefficient (Wildman–Crippen LogP) is 12.3. The van der Waals surface area contributed by atoms with E-state index in [1.54, 1.807) is 0 Å². The highest BCUT2D eigenvalue weighted by atomic mass is 16.2. The van der Waals surface area contributed by atoms with Crippen LogP contribution in [0.25, 0.3) is 0 Å². The van der Waals surface area contributed by atoms with E-state index in [0.717, 1.165) is 25.7 Å². The predicted molar refractivity (Wildman–Crippen MR) is 211 cm³/mol. The number of unbranched alkanes of at least 4 members (excludes halogenated alkanes) is 30. The van der Waals surface area contributed by atoms with Gasteiger partial charge in [0.05, 0.1) is 0 Å². The van der Waals surface area contributed by atoms with Crippen LogP contribution >= 0.6 is 0 Å². The van der Waals surface area contributed by atoms with Gasteiger partial charge in [0.25, 0.3) is 23.6 Å². The fraction of sp³-hybridized carbons (Fsp3) is 0.818. The summed E-state index contributed by atoms with van der Waals surface area (Å²) in [6, 6.07) is 0. The summed E-state index contributed by atoms with van der Waals surface area (Å²) in [7, 11) is 0. The number of amides is 4. The molecule has 288 valence electrons. The Hall–Kier alpha value is -2.24. The van der Waals surface area contributed by atoms with Gasteiger partial charge < -0.3 is 0 Å². The number of hydrogen-bond acceptors (Lipinski definition) is 4. The Balaban J connectivity index is 0.000000500. The van der Waals surface area contributed by atoms with Crippen molar-refractivity contribution in [1.29, 1.82) is 0 Å². The van der Waals surface area contributed by atoms with Gasteiger partial charge in [0.1, 0.15) is 0 Å². The summed E-state index contributed by atoms with van der Waals surface area (Å²) >= 11 is 0. The van der Waals surface area contributed by atoms with Crippen LogP contribution in [-0.2, 0) is 19.2 Å². The van der Waals surface area contributed by atoms with Crippen LogP contribution in [0, 0.1) is 0 Å². The minimum atomic E-state index is -0.147. The number of carbonyl (C=O) groups is 4. The molecule has 0 aromatic carbocycles. The van der Waals surface area contributed by atoms with Crippen molar-refractivity contribution < 1.29 is 19.2 Å². The van der Waals surface area contributed by atoms with E-state index in [0.29, 0.717) is 13.1 Å². The van der Waals surface area contributed by atoms with Crippen molar-refractivity contribution in [2.75, 3.05) is 13.1 Å². The molecule has 2 heterocycles.